The Morgan fingerprint density at radius 3 is 2.35 bits per heavy atom. The molecule has 0 N–H and O–H groups in total. The average molecular weight is 238 g/mol. The van der Waals surface area contributed by atoms with Crippen LogP contribution in [0.3, 0.4) is 0 Å². The van der Waals surface area contributed by atoms with Crippen molar-refractivity contribution in [2.45, 2.75) is 13.8 Å². The molecule has 0 unspecified atom stereocenters. The summed E-state index contributed by atoms with van der Waals surface area (Å²) < 4.78 is 0. The average Bonchev–Trinajstić information content (AvgIpc) is 2.75. The molecule has 0 aliphatic rings. The zero-order valence-corrected chi connectivity index (χ0v) is 10.8. The van der Waals surface area contributed by atoms with E-state index in [-0.39, 0.29) is 0 Å². The Kier molecular flexibility index (Phi) is 2.49. The molecule has 1 aromatic heterocycles. The molecule has 0 bridgehead atoms. The molecule has 0 atom stereocenters. The SMILES string of the molecule is Cc1ccc2ccc(-c3ccc(C)s3)cc2c1. The van der Waals surface area contributed by atoms with Crippen LogP contribution in [-0.2, 0) is 0 Å². The van der Waals surface area contributed by atoms with E-state index in [4.69, 9.17) is 0 Å². The second kappa shape index (κ2) is 4.01. The third-order valence-electron chi connectivity index (χ3n) is 3.02. The van der Waals surface area contributed by atoms with Crippen molar-refractivity contribution in [2.24, 2.45) is 0 Å². The minimum absolute atomic E-state index is 1.31. The summed E-state index contributed by atoms with van der Waals surface area (Å²) in [6.07, 6.45) is 0. The standard InChI is InChI=1S/C16H14S/c1-11-3-5-13-6-7-14(10-15(13)9-11)16-8-4-12(2)17-16/h3-10H,1-2H3. The first-order valence-corrected chi connectivity index (χ1v) is 6.61. The predicted octanol–water partition coefficient (Wildman–Crippen LogP) is 5.19. The van der Waals surface area contributed by atoms with E-state index < -0.39 is 0 Å². The maximum atomic E-state index is 2.29. The van der Waals surface area contributed by atoms with E-state index in [0.717, 1.165) is 0 Å². The topological polar surface area (TPSA) is 0 Å². The van der Waals surface area contributed by atoms with Gasteiger partial charge in [-0.2, -0.15) is 0 Å². The lowest BCUT2D eigenvalue weighted by Gasteiger charge is -2.02. The van der Waals surface area contributed by atoms with Crippen molar-refractivity contribution in [3.05, 3.63) is 59.0 Å². The lowest BCUT2D eigenvalue weighted by molar-refractivity contribution is 1.51. The van der Waals surface area contributed by atoms with Crippen LogP contribution in [0, 0.1) is 13.8 Å². The predicted molar refractivity (Wildman–Crippen MR) is 76.7 cm³/mol. The monoisotopic (exact) mass is 238 g/mol. The Morgan fingerprint density at radius 1 is 0.765 bits per heavy atom. The molecule has 0 spiro atoms. The van der Waals surface area contributed by atoms with Crippen LogP contribution < -0.4 is 0 Å². The maximum absolute atomic E-state index is 2.29. The maximum Gasteiger partial charge on any atom is 0.0345 e. The van der Waals surface area contributed by atoms with Crippen LogP contribution in [0.15, 0.2) is 48.5 Å². The molecule has 84 valence electrons. The Morgan fingerprint density at radius 2 is 1.59 bits per heavy atom. The minimum atomic E-state index is 1.31. The number of aryl methyl sites for hydroxylation is 2. The summed E-state index contributed by atoms with van der Waals surface area (Å²) in [5, 5.41) is 2.64. The largest absolute Gasteiger partial charge is 0.141 e. The molecule has 0 aliphatic carbocycles. The zero-order chi connectivity index (χ0) is 11.8. The molecule has 0 fully saturated rings. The van der Waals surface area contributed by atoms with Gasteiger partial charge in [0, 0.05) is 9.75 Å². The zero-order valence-electron chi connectivity index (χ0n) is 10.0. The molecule has 0 saturated carbocycles. The second-order valence-electron chi connectivity index (χ2n) is 4.48. The number of benzene rings is 2. The van der Waals surface area contributed by atoms with E-state index in [1.165, 1.54) is 31.7 Å². The summed E-state index contributed by atoms with van der Waals surface area (Å²) >= 11 is 1.85. The lowest BCUT2D eigenvalue weighted by Crippen LogP contribution is -1.77. The molecule has 0 amide bonds. The highest BCUT2D eigenvalue weighted by Gasteiger charge is 2.02. The fraction of sp³-hybridized carbons (Fsp3) is 0.125. The first-order valence-electron chi connectivity index (χ1n) is 5.79. The van der Waals surface area contributed by atoms with Gasteiger partial charge in [-0.15, -0.1) is 11.3 Å². The Hall–Kier alpha value is -1.60. The van der Waals surface area contributed by atoms with Crippen LogP contribution in [-0.4, -0.2) is 0 Å². The Labute approximate surface area is 106 Å². The summed E-state index contributed by atoms with van der Waals surface area (Å²) in [6.45, 7) is 4.29. The molecule has 0 nitrogen and oxygen atoms in total. The number of hydrogen-bond donors (Lipinski definition) is 0. The molecule has 0 saturated heterocycles. The molecular formula is C16H14S. The molecule has 0 aliphatic heterocycles. The molecule has 0 radical (unpaired) electrons. The van der Waals surface area contributed by atoms with E-state index in [1.807, 2.05) is 11.3 Å². The summed E-state index contributed by atoms with van der Waals surface area (Å²) in [5.74, 6) is 0. The van der Waals surface area contributed by atoms with E-state index >= 15 is 0 Å². The van der Waals surface area contributed by atoms with E-state index in [1.54, 1.807) is 0 Å². The van der Waals surface area contributed by atoms with Crippen molar-refractivity contribution >= 4 is 22.1 Å². The Balaban J connectivity index is 2.18. The number of hydrogen-bond acceptors (Lipinski definition) is 1. The summed E-state index contributed by atoms with van der Waals surface area (Å²) in [5.41, 5.74) is 2.64. The summed E-state index contributed by atoms with van der Waals surface area (Å²) in [6, 6.07) is 17.7. The van der Waals surface area contributed by atoms with Gasteiger partial charge >= 0.3 is 0 Å². The fourth-order valence-corrected chi connectivity index (χ4v) is 2.97. The van der Waals surface area contributed by atoms with Crippen molar-refractivity contribution in [3.63, 3.8) is 0 Å². The smallest absolute Gasteiger partial charge is 0.0345 e. The van der Waals surface area contributed by atoms with Crippen LogP contribution in [0.2, 0.25) is 0 Å². The molecule has 1 heteroatoms. The molecule has 3 rings (SSSR count). The van der Waals surface area contributed by atoms with Crippen molar-refractivity contribution < 1.29 is 0 Å². The van der Waals surface area contributed by atoms with Crippen molar-refractivity contribution in [3.8, 4) is 10.4 Å². The quantitative estimate of drug-likeness (QED) is 0.547. The third-order valence-corrected chi connectivity index (χ3v) is 4.07. The second-order valence-corrected chi connectivity index (χ2v) is 5.76. The number of fused-ring (bicyclic) bond motifs is 1. The lowest BCUT2D eigenvalue weighted by atomic mass is 10.0. The molecular weight excluding hydrogens is 224 g/mol. The first-order chi connectivity index (χ1) is 8.22. The van der Waals surface area contributed by atoms with Crippen LogP contribution in [0.5, 0.6) is 0 Å². The van der Waals surface area contributed by atoms with Gasteiger partial charge in [0.1, 0.15) is 0 Å². The van der Waals surface area contributed by atoms with Crippen LogP contribution in [0.1, 0.15) is 10.4 Å². The van der Waals surface area contributed by atoms with Gasteiger partial charge in [0.05, 0.1) is 0 Å². The van der Waals surface area contributed by atoms with Crippen molar-refractivity contribution in [1.82, 2.24) is 0 Å². The van der Waals surface area contributed by atoms with E-state index in [2.05, 4.69) is 62.4 Å². The van der Waals surface area contributed by atoms with Gasteiger partial charge in [-0.25, -0.2) is 0 Å². The van der Waals surface area contributed by atoms with Crippen LogP contribution in [0.4, 0.5) is 0 Å². The molecule has 1 heterocycles. The van der Waals surface area contributed by atoms with Gasteiger partial charge in [0.25, 0.3) is 0 Å². The van der Waals surface area contributed by atoms with E-state index in [0.29, 0.717) is 0 Å². The highest BCUT2D eigenvalue weighted by molar-refractivity contribution is 7.15. The highest BCUT2D eigenvalue weighted by atomic mass is 32.1. The number of thiophene rings is 1. The molecule has 17 heavy (non-hydrogen) atoms. The van der Waals surface area contributed by atoms with Gasteiger partial charge in [-0.1, -0.05) is 35.9 Å². The van der Waals surface area contributed by atoms with Crippen molar-refractivity contribution in [2.75, 3.05) is 0 Å². The van der Waals surface area contributed by atoms with Gasteiger partial charge in [0.15, 0.2) is 0 Å². The Bertz CT molecular complexity index is 677. The van der Waals surface area contributed by atoms with Crippen LogP contribution >= 0.6 is 11.3 Å². The van der Waals surface area contributed by atoms with Gasteiger partial charge in [-0.3, -0.25) is 0 Å². The summed E-state index contributed by atoms with van der Waals surface area (Å²) in [4.78, 5) is 2.72. The van der Waals surface area contributed by atoms with Gasteiger partial charge in [-0.05, 0) is 48.4 Å². The van der Waals surface area contributed by atoms with Crippen LogP contribution in [0.25, 0.3) is 21.2 Å². The normalized spacial score (nSPS) is 10.9. The number of rotatable bonds is 1. The molecule has 2 aromatic carbocycles. The van der Waals surface area contributed by atoms with E-state index in [9.17, 15) is 0 Å². The first kappa shape index (κ1) is 10.5. The van der Waals surface area contributed by atoms with Gasteiger partial charge in [0.2, 0.25) is 0 Å². The highest BCUT2D eigenvalue weighted by Crippen LogP contribution is 2.30. The minimum Gasteiger partial charge on any atom is -0.141 e. The van der Waals surface area contributed by atoms with Gasteiger partial charge < -0.3 is 0 Å². The fourth-order valence-electron chi connectivity index (χ4n) is 2.11. The summed E-state index contributed by atoms with van der Waals surface area (Å²) in [7, 11) is 0. The van der Waals surface area contributed by atoms with Crippen molar-refractivity contribution in [1.29, 1.82) is 0 Å². The third kappa shape index (κ3) is 1.98. The molecule has 3 aromatic rings.